The number of pyridine rings is 1. The van der Waals surface area contributed by atoms with Crippen LogP contribution in [0.15, 0.2) is 18.3 Å². The van der Waals surface area contributed by atoms with E-state index in [1.807, 2.05) is 6.20 Å². The minimum absolute atomic E-state index is 0.734. The summed E-state index contributed by atoms with van der Waals surface area (Å²) >= 11 is 0. The van der Waals surface area contributed by atoms with E-state index in [4.69, 9.17) is 4.74 Å². The molecule has 0 aromatic carbocycles. The highest BCUT2D eigenvalue weighted by Crippen LogP contribution is 2.15. The number of anilines is 2. The number of nitrogens with one attached hydrogen (secondary N) is 1. The first-order chi connectivity index (χ1) is 8.75. The van der Waals surface area contributed by atoms with Crippen molar-refractivity contribution in [3.63, 3.8) is 0 Å². The van der Waals surface area contributed by atoms with E-state index in [0.29, 0.717) is 0 Å². The summed E-state index contributed by atoms with van der Waals surface area (Å²) in [5.41, 5.74) is 1.10. The van der Waals surface area contributed by atoms with Gasteiger partial charge in [0.05, 0.1) is 25.1 Å². The molecule has 1 aliphatic rings. The van der Waals surface area contributed by atoms with Crippen LogP contribution in [-0.4, -0.2) is 37.8 Å². The van der Waals surface area contributed by atoms with Gasteiger partial charge in [-0.3, -0.25) is 0 Å². The van der Waals surface area contributed by atoms with Crippen LogP contribution in [0, 0.1) is 5.92 Å². The molecule has 0 bridgehead atoms. The summed E-state index contributed by atoms with van der Waals surface area (Å²) in [6, 6.07) is 4.20. The van der Waals surface area contributed by atoms with Crippen molar-refractivity contribution in [2.24, 2.45) is 5.92 Å². The van der Waals surface area contributed by atoms with E-state index in [-0.39, 0.29) is 0 Å². The molecule has 4 nitrogen and oxygen atoms in total. The third kappa shape index (κ3) is 3.88. The normalized spacial score (nSPS) is 16.1. The van der Waals surface area contributed by atoms with Gasteiger partial charge in [-0.1, -0.05) is 13.8 Å². The molecular weight excluding hydrogens is 226 g/mol. The molecule has 1 aromatic rings. The van der Waals surface area contributed by atoms with Gasteiger partial charge in [-0.15, -0.1) is 0 Å². The minimum Gasteiger partial charge on any atom is -0.384 e. The van der Waals surface area contributed by atoms with Gasteiger partial charge < -0.3 is 15.0 Å². The standard InChI is InChI=1S/C14H23N3O/c1-12(2)5-6-15-13-3-4-14(16-11-13)17-7-9-18-10-8-17/h3-4,11-12,15H,5-10H2,1-2H3. The van der Waals surface area contributed by atoms with E-state index >= 15 is 0 Å². The summed E-state index contributed by atoms with van der Waals surface area (Å²) in [5, 5.41) is 3.40. The Labute approximate surface area is 109 Å². The van der Waals surface area contributed by atoms with Crippen LogP contribution in [0.1, 0.15) is 20.3 Å². The van der Waals surface area contributed by atoms with Crippen molar-refractivity contribution < 1.29 is 4.74 Å². The zero-order chi connectivity index (χ0) is 12.8. The van der Waals surface area contributed by atoms with Crippen LogP contribution in [0.4, 0.5) is 11.5 Å². The second-order valence-electron chi connectivity index (χ2n) is 5.11. The number of hydrogen-bond donors (Lipinski definition) is 1. The Balaban J connectivity index is 1.84. The number of morpholine rings is 1. The van der Waals surface area contributed by atoms with Gasteiger partial charge in [-0.05, 0) is 24.5 Å². The SMILES string of the molecule is CC(C)CCNc1ccc(N2CCOCC2)nc1. The largest absolute Gasteiger partial charge is 0.384 e. The Kier molecular flexibility index (Phi) is 4.81. The Morgan fingerprint density at radius 1 is 1.33 bits per heavy atom. The Morgan fingerprint density at radius 2 is 2.11 bits per heavy atom. The van der Waals surface area contributed by atoms with Crippen molar-refractivity contribution in [3.8, 4) is 0 Å². The van der Waals surface area contributed by atoms with Crippen LogP contribution < -0.4 is 10.2 Å². The fraction of sp³-hybridized carbons (Fsp3) is 0.643. The van der Waals surface area contributed by atoms with E-state index in [0.717, 1.165) is 50.3 Å². The average Bonchev–Trinajstić information content (AvgIpc) is 2.40. The van der Waals surface area contributed by atoms with Gasteiger partial charge >= 0.3 is 0 Å². The van der Waals surface area contributed by atoms with E-state index in [9.17, 15) is 0 Å². The summed E-state index contributed by atoms with van der Waals surface area (Å²) in [5.74, 6) is 1.78. The number of hydrogen-bond acceptors (Lipinski definition) is 4. The lowest BCUT2D eigenvalue weighted by atomic mass is 10.1. The third-order valence-corrected chi connectivity index (χ3v) is 3.13. The highest BCUT2D eigenvalue weighted by molar-refractivity contribution is 5.48. The molecule has 1 aliphatic heterocycles. The molecule has 100 valence electrons. The first kappa shape index (κ1) is 13.1. The van der Waals surface area contributed by atoms with Crippen LogP contribution in [0.2, 0.25) is 0 Å². The predicted molar refractivity (Wildman–Crippen MR) is 75.2 cm³/mol. The topological polar surface area (TPSA) is 37.4 Å². The van der Waals surface area contributed by atoms with Crippen molar-refractivity contribution in [2.75, 3.05) is 43.1 Å². The monoisotopic (exact) mass is 249 g/mol. The average molecular weight is 249 g/mol. The van der Waals surface area contributed by atoms with E-state index in [1.54, 1.807) is 0 Å². The van der Waals surface area contributed by atoms with Crippen LogP contribution in [0.5, 0.6) is 0 Å². The van der Waals surface area contributed by atoms with Crippen molar-refractivity contribution >= 4 is 11.5 Å². The number of rotatable bonds is 5. The number of aromatic nitrogens is 1. The molecule has 1 saturated heterocycles. The lowest BCUT2D eigenvalue weighted by molar-refractivity contribution is 0.122. The van der Waals surface area contributed by atoms with Crippen LogP contribution in [0.3, 0.4) is 0 Å². The van der Waals surface area contributed by atoms with Crippen molar-refractivity contribution in [1.82, 2.24) is 4.98 Å². The summed E-state index contributed by atoms with van der Waals surface area (Å²) in [6.07, 6.45) is 3.11. The minimum atomic E-state index is 0.734. The van der Waals surface area contributed by atoms with Gasteiger partial charge in [-0.25, -0.2) is 4.98 Å². The van der Waals surface area contributed by atoms with Gasteiger partial charge in [-0.2, -0.15) is 0 Å². The fourth-order valence-electron chi connectivity index (χ4n) is 1.98. The molecule has 1 N–H and O–H groups in total. The Hall–Kier alpha value is -1.29. The van der Waals surface area contributed by atoms with Gasteiger partial charge in [0, 0.05) is 19.6 Å². The molecule has 2 heterocycles. The van der Waals surface area contributed by atoms with Gasteiger partial charge in [0.25, 0.3) is 0 Å². The van der Waals surface area contributed by atoms with Crippen molar-refractivity contribution in [1.29, 1.82) is 0 Å². The first-order valence-electron chi connectivity index (χ1n) is 6.78. The molecule has 0 radical (unpaired) electrons. The lowest BCUT2D eigenvalue weighted by Crippen LogP contribution is -2.36. The fourth-order valence-corrected chi connectivity index (χ4v) is 1.98. The smallest absolute Gasteiger partial charge is 0.128 e. The lowest BCUT2D eigenvalue weighted by Gasteiger charge is -2.27. The molecule has 1 fully saturated rings. The van der Waals surface area contributed by atoms with Crippen LogP contribution in [-0.2, 0) is 4.74 Å². The second kappa shape index (κ2) is 6.59. The molecule has 0 atom stereocenters. The predicted octanol–water partition coefficient (Wildman–Crippen LogP) is 2.38. The van der Waals surface area contributed by atoms with Crippen molar-refractivity contribution in [3.05, 3.63) is 18.3 Å². The molecule has 0 aliphatic carbocycles. The van der Waals surface area contributed by atoms with Gasteiger partial charge in [0.1, 0.15) is 5.82 Å². The maximum absolute atomic E-state index is 5.34. The summed E-state index contributed by atoms with van der Waals surface area (Å²) in [7, 11) is 0. The quantitative estimate of drug-likeness (QED) is 0.869. The highest BCUT2D eigenvalue weighted by Gasteiger charge is 2.11. The molecule has 1 aromatic heterocycles. The third-order valence-electron chi connectivity index (χ3n) is 3.13. The van der Waals surface area contributed by atoms with Gasteiger partial charge in [0.15, 0.2) is 0 Å². The maximum atomic E-state index is 5.34. The van der Waals surface area contributed by atoms with E-state index < -0.39 is 0 Å². The molecule has 0 spiro atoms. The second-order valence-corrected chi connectivity index (χ2v) is 5.11. The summed E-state index contributed by atoms with van der Waals surface area (Å²) < 4.78 is 5.34. The molecular formula is C14H23N3O. The number of ether oxygens (including phenoxy) is 1. The zero-order valence-corrected chi connectivity index (χ0v) is 11.4. The summed E-state index contributed by atoms with van der Waals surface area (Å²) in [6.45, 7) is 8.96. The van der Waals surface area contributed by atoms with Crippen molar-refractivity contribution in [2.45, 2.75) is 20.3 Å². The van der Waals surface area contributed by atoms with Crippen LogP contribution in [0.25, 0.3) is 0 Å². The molecule has 0 amide bonds. The Morgan fingerprint density at radius 3 is 2.72 bits per heavy atom. The highest BCUT2D eigenvalue weighted by atomic mass is 16.5. The molecule has 4 heteroatoms. The maximum Gasteiger partial charge on any atom is 0.128 e. The molecule has 0 saturated carbocycles. The first-order valence-corrected chi connectivity index (χ1v) is 6.78. The van der Waals surface area contributed by atoms with E-state index in [1.165, 1.54) is 6.42 Å². The molecule has 0 unspecified atom stereocenters. The van der Waals surface area contributed by atoms with E-state index in [2.05, 4.69) is 41.2 Å². The summed E-state index contributed by atoms with van der Waals surface area (Å²) in [4.78, 5) is 6.77. The molecule has 2 rings (SSSR count). The number of nitrogens with zero attached hydrogens (tertiary/aromatic N) is 2. The Bertz CT molecular complexity index is 345. The zero-order valence-electron chi connectivity index (χ0n) is 11.4. The van der Waals surface area contributed by atoms with Crippen LogP contribution >= 0.6 is 0 Å². The molecule has 18 heavy (non-hydrogen) atoms. The van der Waals surface area contributed by atoms with Gasteiger partial charge in [0.2, 0.25) is 0 Å².